The molecule has 2 aliphatic heterocycles. The minimum absolute atomic E-state index is 0.00612. The summed E-state index contributed by atoms with van der Waals surface area (Å²) in [6.45, 7) is 13.2. The van der Waals surface area contributed by atoms with E-state index in [-0.39, 0.29) is 34.4 Å². The molecule has 2 heterocycles. The predicted molar refractivity (Wildman–Crippen MR) is 127 cm³/mol. The largest absolute Gasteiger partial charge is 0.380 e. The molecule has 0 bridgehead atoms. The fraction of sp³-hybridized carbons (Fsp3) is 0.500. The maximum absolute atomic E-state index is 13.5. The SMILES string of the molecule is CC(C)(C)C1=CCC2NC3=C(C=C4NC5=C(CC(C(C)(C)C)C=C5)C(=O)C4C3)C(=O)C2=C1. The number of rotatable bonds is 0. The highest BCUT2D eigenvalue weighted by molar-refractivity contribution is 6.14. The van der Waals surface area contributed by atoms with Gasteiger partial charge in [0, 0.05) is 40.2 Å². The number of ketones is 2. The summed E-state index contributed by atoms with van der Waals surface area (Å²) in [5, 5.41) is 7.12. The molecule has 3 unspecified atom stereocenters. The second-order valence-corrected chi connectivity index (χ2v) is 11.9. The number of Topliss-reactive ketones (excluding diaryl/α,β-unsaturated/α-hetero) is 2. The molecule has 32 heavy (non-hydrogen) atoms. The summed E-state index contributed by atoms with van der Waals surface area (Å²) in [5.41, 5.74) is 6.52. The van der Waals surface area contributed by atoms with Crippen LogP contribution in [0.3, 0.4) is 0 Å². The van der Waals surface area contributed by atoms with E-state index in [0.717, 1.165) is 41.1 Å². The highest BCUT2D eigenvalue weighted by atomic mass is 16.1. The fourth-order valence-corrected chi connectivity index (χ4v) is 5.43. The Morgan fingerprint density at radius 1 is 1.00 bits per heavy atom. The van der Waals surface area contributed by atoms with Gasteiger partial charge in [0.15, 0.2) is 11.6 Å². The molecule has 0 aromatic heterocycles. The van der Waals surface area contributed by atoms with Crippen LogP contribution in [-0.2, 0) is 9.59 Å². The third-order valence-corrected chi connectivity index (χ3v) is 7.64. The summed E-state index contributed by atoms with van der Waals surface area (Å²) >= 11 is 0. The molecule has 168 valence electrons. The topological polar surface area (TPSA) is 58.2 Å². The highest BCUT2D eigenvalue weighted by Crippen LogP contribution is 2.44. The number of fused-ring (bicyclic) bond motifs is 2. The van der Waals surface area contributed by atoms with E-state index in [0.29, 0.717) is 17.9 Å². The zero-order chi connectivity index (χ0) is 23.0. The van der Waals surface area contributed by atoms with Crippen molar-refractivity contribution in [2.45, 2.75) is 66.8 Å². The van der Waals surface area contributed by atoms with E-state index in [1.807, 2.05) is 6.08 Å². The van der Waals surface area contributed by atoms with E-state index in [9.17, 15) is 9.59 Å². The quantitative estimate of drug-likeness (QED) is 0.565. The van der Waals surface area contributed by atoms with Crippen molar-refractivity contribution in [3.05, 3.63) is 69.8 Å². The molecule has 2 N–H and O–H groups in total. The summed E-state index contributed by atoms with van der Waals surface area (Å²) in [4.78, 5) is 27.0. The molecular weight excluding hydrogens is 396 g/mol. The van der Waals surface area contributed by atoms with Crippen molar-refractivity contribution in [1.82, 2.24) is 10.6 Å². The van der Waals surface area contributed by atoms with Gasteiger partial charge in [-0.05, 0) is 53.4 Å². The monoisotopic (exact) mass is 430 g/mol. The van der Waals surface area contributed by atoms with Crippen molar-refractivity contribution >= 4 is 11.6 Å². The van der Waals surface area contributed by atoms with Crippen LogP contribution in [0.5, 0.6) is 0 Å². The highest BCUT2D eigenvalue weighted by Gasteiger charge is 2.43. The Balaban J connectivity index is 1.46. The van der Waals surface area contributed by atoms with Gasteiger partial charge in [0.2, 0.25) is 0 Å². The number of carbonyl (C=O) groups excluding carboxylic acids is 2. The summed E-state index contributed by atoms with van der Waals surface area (Å²) in [6.07, 6.45) is 12.7. The van der Waals surface area contributed by atoms with E-state index in [2.05, 4.69) is 76.5 Å². The van der Waals surface area contributed by atoms with Crippen LogP contribution in [-0.4, -0.2) is 17.6 Å². The number of hydrogen-bond acceptors (Lipinski definition) is 4. The normalized spacial score (nSPS) is 29.7. The zero-order valence-electron chi connectivity index (χ0n) is 20.1. The van der Waals surface area contributed by atoms with Gasteiger partial charge in [-0.3, -0.25) is 9.59 Å². The van der Waals surface area contributed by atoms with Crippen LogP contribution in [0.25, 0.3) is 0 Å². The van der Waals surface area contributed by atoms with Gasteiger partial charge < -0.3 is 10.6 Å². The maximum Gasteiger partial charge on any atom is 0.192 e. The molecule has 0 saturated carbocycles. The minimum atomic E-state index is -0.227. The van der Waals surface area contributed by atoms with Gasteiger partial charge in [-0.2, -0.15) is 0 Å². The standard InChI is InChI=1S/C28H34N2O2/c1-27(2,3)15-7-9-21-17(11-15)25(31)19-13-24-20(14-23(19)29-21)26(32)18-12-16(28(4,5)6)8-10-22(18)30-24/h7-9,12,14-15,19,22,29-30H,10-11,13H2,1-6H3. The second-order valence-electron chi connectivity index (χ2n) is 11.9. The lowest BCUT2D eigenvalue weighted by atomic mass is 9.70. The lowest BCUT2D eigenvalue weighted by Gasteiger charge is -2.41. The second kappa shape index (κ2) is 6.94. The van der Waals surface area contributed by atoms with Gasteiger partial charge in [-0.25, -0.2) is 0 Å². The lowest BCUT2D eigenvalue weighted by Crippen LogP contribution is -2.45. The molecule has 4 nitrogen and oxygen atoms in total. The molecule has 0 spiro atoms. The molecule has 5 aliphatic rings. The molecule has 0 aromatic rings. The average Bonchev–Trinajstić information content (AvgIpc) is 2.71. The van der Waals surface area contributed by atoms with Crippen molar-refractivity contribution in [2.24, 2.45) is 22.7 Å². The first-order valence-corrected chi connectivity index (χ1v) is 11.8. The predicted octanol–water partition coefficient (Wildman–Crippen LogP) is 5.04. The average molecular weight is 431 g/mol. The van der Waals surface area contributed by atoms with Gasteiger partial charge >= 0.3 is 0 Å². The summed E-state index contributed by atoms with van der Waals surface area (Å²) < 4.78 is 0. The Labute approximate surface area is 191 Å². The van der Waals surface area contributed by atoms with Crippen LogP contribution >= 0.6 is 0 Å². The van der Waals surface area contributed by atoms with Crippen molar-refractivity contribution in [3.8, 4) is 0 Å². The van der Waals surface area contributed by atoms with Crippen molar-refractivity contribution in [3.63, 3.8) is 0 Å². The van der Waals surface area contributed by atoms with Gasteiger partial charge in [0.25, 0.3) is 0 Å². The molecule has 0 aromatic carbocycles. The van der Waals surface area contributed by atoms with Crippen LogP contribution in [0.4, 0.5) is 0 Å². The van der Waals surface area contributed by atoms with Crippen LogP contribution in [0.15, 0.2) is 69.8 Å². The van der Waals surface area contributed by atoms with E-state index in [4.69, 9.17) is 0 Å². The van der Waals surface area contributed by atoms with E-state index >= 15 is 0 Å². The first-order chi connectivity index (χ1) is 14.9. The zero-order valence-corrected chi connectivity index (χ0v) is 20.1. The van der Waals surface area contributed by atoms with E-state index in [1.54, 1.807) is 0 Å². The first-order valence-electron chi connectivity index (χ1n) is 11.8. The van der Waals surface area contributed by atoms with Gasteiger partial charge in [0.1, 0.15) is 0 Å². The Morgan fingerprint density at radius 3 is 2.44 bits per heavy atom. The van der Waals surface area contributed by atoms with Crippen molar-refractivity contribution < 1.29 is 9.59 Å². The Bertz CT molecular complexity index is 1110. The number of carbonyl (C=O) groups is 2. The Kier molecular flexibility index (Phi) is 4.60. The Hall–Kier alpha value is -2.62. The van der Waals surface area contributed by atoms with Crippen molar-refractivity contribution in [2.75, 3.05) is 0 Å². The van der Waals surface area contributed by atoms with Crippen LogP contribution in [0.1, 0.15) is 60.8 Å². The third-order valence-electron chi connectivity index (χ3n) is 7.64. The molecular formula is C28H34N2O2. The Morgan fingerprint density at radius 2 is 1.75 bits per heavy atom. The van der Waals surface area contributed by atoms with Crippen LogP contribution in [0.2, 0.25) is 0 Å². The lowest BCUT2D eigenvalue weighted by molar-refractivity contribution is -0.119. The summed E-state index contributed by atoms with van der Waals surface area (Å²) in [6, 6.07) is 0.00612. The minimum Gasteiger partial charge on any atom is -0.380 e. The van der Waals surface area contributed by atoms with Gasteiger partial charge in [0.05, 0.1) is 12.0 Å². The molecule has 0 amide bonds. The third kappa shape index (κ3) is 3.35. The van der Waals surface area contributed by atoms with Gasteiger partial charge in [-0.15, -0.1) is 0 Å². The van der Waals surface area contributed by atoms with E-state index in [1.165, 1.54) is 5.57 Å². The number of allylic oxidation sites excluding steroid dienone is 9. The van der Waals surface area contributed by atoms with Crippen molar-refractivity contribution in [1.29, 1.82) is 0 Å². The smallest absolute Gasteiger partial charge is 0.192 e. The summed E-state index contributed by atoms with van der Waals surface area (Å²) in [7, 11) is 0. The molecule has 0 fully saturated rings. The van der Waals surface area contributed by atoms with Crippen LogP contribution < -0.4 is 10.6 Å². The number of nitrogens with one attached hydrogen (secondary N) is 2. The molecule has 5 rings (SSSR count). The molecule has 4 heteroatoms. The fourth-order valence-electron chi connectivity index (χ4n) is 5.43. The summed E-state index contributed by atoms with van der Waals surface area (Å²) in [5.74, 6) is 0.439. The molecule has 0 radical (unpaired) electrons. The maximum atomic E-state index is 13.5. The van der Waals surface area contributed by atoms with E-state index < -0.39 is 0 Å². The van der Waals surface area contributed by atoms with Gasteiger partial charge in [-0.1, -0.05) is 53.7 Å². The first kappa shape index (κ1) is 21.2. The molecule has 3 aliphatic carbocycles. The number of hydrogen-bond donors (Lipinski definition) is 2. The molecule has 0 saturated heterocycles. The van der Waals surface area contributed by atoms with Crippen LogP contribution in [0, 0.1) is 22.7 Å². The molecule has 3 atom stereocenters.